The van der Waals surface area contributed by atoms with Gasteiger partial charge in [0.2, 0.25) is 0 Å². The van der Waals surface area contributed by atoms with Gasteiger partial charge in [-0.05, 0) is 46.0 Å². The molecule has 0 heterocycles. The second kappa shape index (κ2) is 4.11. The highest BCUT2D eigenvalue weighted by atomic mass is 14.6. The molecule has 0 saturated heterocycles. The maximum absolute atomic E-state index is 6.28. The van der Waals surface area contributed by atoms with Gasteiger partial charge in [-0.25, -0.2) is 0 Å². The van der Waals surface area contributed by atoms with Gasteiger partial charge in [0.1, 0.15) is 0 Å². The summed E-state index contributed by atoms with van der Waals surface area (Å²) < 4.78 is 0. The van der Waals surface area contributed by atoms with Crippen LogP contribution in [0.1, 0.15) is 24.0 Å². The summed E-state index contributed by atoms with van der Waals surface area (Å²) in [7, 11) is 0. The lowest BCUT2D eigenvalue weighted by atomic mass is 9.77. The Labute approximate surface area is 119 Å². The van der Waals surface area contributed by atoms with Crippen LogP contribution >= 0.6 is 0 Å². The van der Waals surface area contributed by atoms with Crippen LogP contribution in [-0.4, -0.2) is 0 Å². The van der Waals surface area contributed by atoms with Crippen LogP contribution in [0.15, 0.2) is 54.6 Å². The van der Waals surface area contributed by atoms with E-state index in [1.807, 2.05) is 0 Å². The van der Waals surface area contributed by atoms with Crippen molar-refractivity contribution in [3.8, 4) is 11.1 Å². The van der Waals surface area contributed by atoms with Crippen LogP contribution in [0.5, 0.6) is 0 Å². The molecular formula is C19H17N. The predicted molar refractivity (Wildman–Crippen MR) is 85.9 cm³/mol. The summed E-state index contributed by atoms with van der Waals surface area (Å²) in [6.45, 7) is 2.32. The third kappa shape index (κ3) is 1.50. The van der Waals surface area contributed by atoms with Gasteiger partial charge in [0.15, 0.2) is 0 Å². The molecule has 0 aromatic heterocycles. The molecule has 3 aromatic rings. The summed E-state index contributed by atoms with van der Waals surface area (Å²) in [5.41, 5.74) is 12.7. The largest absolute Gasteiger partial charge is 0.398 e. The van der Waals surface area contributed by atoms with E-state index in [-0.39, 0.29) is 0 Å². The summed E-state index contributed by atoms with van der Waals surface area (Å²) in [4.78, 5) is 0. The zero-order valence-corrected chi connectivity index (χ0v) is 11.6. The van der Waals surface area contributed by atoms with Crippen LogP contribution in [0, 0.1) is 0 Å². The van der Waals surface area contributed by atoms with E-state index in [1.54, 1.807) is 0 Å². The first-order chi connectivity index (χ1) is 9.75. The van der Waals surface area contributed by atoms with Gasteiger partial charge in [0.05, 0.1) is 0 Å². The first kappa shape index (κ1) is 11.5. The molecule has 0 spiro atoms. The number of rotatable bonds is 0. The molecule has 1 aliphatic carbocycles. The van der Waals surface area contributed by atoms with Crippen molar-refractivity contribution in [1.29, 1.82) is 0 Å². The van der Waals surface area contributed by atoms with Crippen LogP contribution in [0.3, 0.4) is 0 Å². The number of anilines is 1. The van der Waals surface area contributed by atoms with E-state index < -0.39 is 0 Å². The molecule has 0 fully saturated rings. The van der Waals surface area contributed by atoms with Crippen LogP contribution in [0.4, 0.5) is 5.69 Å². The fourth-order valence-corrected chi connectivity index (χ4v) is 3.57. The summed E-state index contributed by atoms with van der Waals surface area (Å²) in [6, 6.07) is 19.3. The third-order valence-corrected chi connectivity index (χ3v) is 4.44. The molecule has 0 saturated carbocycles. The van der Waals surface area contributed by atoms with E-state index >= 15 is 0 Å². The molecular weight excluding hydrogens is 242 g/mol. The molecule has 98 valence electrons. The Kier molecular flexibility index (Phi) is 2.37. The zero-order chi connectivity index (χ0) is 13.7. The van der Waals surface area contributed by atoms with Gasteiger partial charge in [0.25, 0.3) is 0 Å². The van der Waals surface area contributed by atoms with Gasteiger partial charge in [0, 0.05) is 11.1 Å². The Morgan fingerprint density at radius 1 is 0.900 bits per heavy atom. The van der Waals surface area contributed by atoms with E-state index in [4.69, 9.17) is 5.73 Å². The van der Waals surface area contributed by atoms with Crippen molar-refractivity contribution in [2.45, 2.75) is 19.3 Å². The predicted octanol–water partition coefficient (Wildman–Crippen LogP) is 4.75. The van der Waals surface area contributed by atoms with Gasteiger partial charge in [-0.2, -0.15) is 0 Å². The lowest BCUT2D eigenvalue weighted by molar-refractivity contribution is 0.756. The average molecular weight is 259 g/mol. The van der Waals surface area contributed by atoms with Crippen LogP contribution < -0.4 is 5.73 Å². The second-order valence-electron chi connectivity index (χ2n) is 5.73. The van der Waals surface area contributed by atoms with Crippen molar-refractivity contribution in [3.05, 3.63) is 65.7 Å². The highest BCUT2D eigenvalue weighted by Gasteiger charge is 2.24. The fourth-order valence-electron chi connectivity index (χ4n) is 3.57. The van der Waals surface area contributed by atoms with E-state index in [1.165, 1.54) is 33.0 Å². The van der Waals surface area contributed by atoms with Crippen molar-refractivity contribution in [2.75, 3.05) is 5.73 Å². The highest BCUT2D eigenvalue weighted by molar-refractivity contribution is 6.01. The molecule has 2 N–H and O–H groups in total. The molecule has 1 aliphatic rings. The van der Waals surface area contributed by atoms with Gasteiger partial charge >= 0.3 is 0 Å². The SMILES string of the molecule is CC1Cc2ccccc2-c2cc(N)c3ccccc3c21. The smallest absolute Gasteiger partial charge is 0.0400 e. The Balaban J connectivity index is 2.16. The fraction of sp³-hybridized carbons (Fsp3) is 0.158. The van der Waals surface area contributed by atoms with E-state index in [9.17, 15) is 0 Å². The number of hydrogen-bond donors (Lipinski definition) is 1. The molecule has 0 amide bonds. The lowest BCUT2D eigenvalue weighted by Crippen LogP contribution is -2.10. The highest BCUT2D eigenvalue weighted by Crippen LogP contribution is 2.44. The molecule has 1 heteroatoms. The first-order valence-corrected chi connectivity index (χ1v) is 7.15. The minimum Gasteiger partial charge on any atom is -0.398 e. The number of nitrogens with two attached hydrogens (primary N) is 1. The second-order valence-corrected chi connectivity index (χ2v) is 5.73. The van der Waals surface area contributed by atoms with Gasteiger partial charge < -0.3 is 5.73 Å². The quantitative estimate of drug-likeness (QED) is 0.579. The average Bonchev–Trinajstić information content (AvgIpc) is 2.47. The molecule has 1 unspecified atom stereocenters. The van der Waals surface area contributed by atoms with E-state index in [2.05, 4.69) is 61.5 Å². The Bertz CT molecular complexity index is 817. The van der Waals surface area contributed by atoms with Crippen molar-refractivity contribution in [3.63, 3.8) is 0 Å². The van der Waals surface area contributed by atoms with E-state index in [0.29, 0.717) is 5.92 Å². The van der Waals surface area contributed by atoms with Crippen molar-refractivity contribution >= 4 is 16.5 Å². The zero-order valence-electron chi connectivity index (χ0n) is 11.6. The van der Waals surface area contributed by atoms with Crippen LogP contribution in [0.2, 0.25) is 0 Å². The third-order valence-electron chi connectivity index (χ3n) is 4.44. The molecule has 1 nitrogen and oxygen atoms in total. The van der Waals surface area contributed by atoms with Crippen molar-refractivity contribution < 1.29 is 0 Å². The molecule has 4 rings (SSSR count). The van der Waals surface area contributed by atoms with Crippen LogP contribution in [0.25, 0.3) is 21.9 Å². The molecule has 1 atom stereocenters. The van der Waals surface area contributed by atoms with Crippen molar-refractivity contribution in [2.24, 2.45) is 0 Å². The van der Waals surface area contributed by atoms with Gasteiger partial charge in [-0.3, -0.25) is 0 Å². The minimum atomic E-state index is 0.533. The Morgan fingerprint density at radius 3 is 2.45 bits per heavy atom. The van der Waals surface area contributed by atoms with Crippen molar-refractivity contribution in [1.82, 2.24) is 0 Å². The maximum Gasteiger partial charge on any atom is 0.0400 e. The number of fused-ring (bicyclic) bond motifs is 5. The van der Waals surface area contributed by atoms with Crippen LogP contribution in [-0.2, 0) is 6.42 Å². The summed E-state index contributed by atoms with van der Waals surface area (Å²) >= 11 is 0. The normalized spacial score (nSPS) is 16.8. The standard InChI is InChI=1S/C19H17N/c1-12-10-13-6-2-3-7-14(13)17-11-18(20)15-8-4-5-9-16(15)19(12)17/h2-9,11-12H,10,20H2,1H3. The summed E-state index contributed by atoms with van der Waals surface area (Å²) in [5, 5.41) is 2.49. The number of benzene rings is 3. The Hall–Kier alpha value is -2.28. The minimum absolute atomic E-state index is 0.533. The molecule has 0 bridgehead atoms. The van der Waals surface area contributed by atoms with E-state index in [0.717, 1.165) is 12.1 Å². The molecule has 3 aromatic carbocycles. The summed E-state index contributed by atoms with van der Waals surface area (Å²) in [6.07, 6.45) is 1.11. The van der Waals surface area contributed by atoms with Gasteiger partial charge in [-0.15, -0.1) is 0 Å². The molecule has 0 radical (unpaired) electrons. The Morgan fingerprint density at radius 2 is 1.60 bits per heavy atom. The maximum atomic E-state index is 6.28. The topological polar surface area (TPSA) is 26.0 Å². The molecule has 20 heavy (non-hydrogen) atoms. The lowest BCUT2D eigenvalue weighted by Gasteiger charge is -2.27. The number of hydrogen-bond acceptors (Lipinski definition) is 1. The number of nitrogen functional groups attached to an aromatic ring is 1. The monoisotopic (exact) mass is 259 g/mol. The van der Waals surface area contributed by atoms with Gasteiger partial charge in [-0.1, -0.05) is 55.5 Å². The summed E-state index contributed by atoms with van der Waals surface area (Å²) in [5.74, 6) is 0.533. The molecule has 0 aliphatic heterocycles. The first-order valence-electron chi connectivity index (χ1n) is 7.15.